The highest BCUT2D eigenvalue weighted by molar-refractivity contribution is 7.86. The minimum absolute atomic E-state index is 0.00277. The van der Waals surface area contributed by atoms with Crippen LogP contribution in [0.5, 0.6) is 0 Å². The lowest BCUT2D eigenvalue weighted by molar-refractivity contribution is -0.157. The van der Waals surface area contributed by atoms with E-state index in [1.54, 1.807) is 0 Å². The molecule has 0 saturated carbocycles. The zero-order valence-corrected chi connectivity index (χ0v) is 23.7. The smallest absolute Gasteiger partial charge is 0.359 e. The number of carboxylic acid groups (broad SMARTS) is 2. The van der Waals surface area contributed by atoms with Crippen LogP contribution in [0.1, 0.15) is 22.5 Å². The van der Waals surface area contributed by atoms with Crippen LogP contribution < -0.4 is 21.5 Å². The highest BCUT2D eigenvalue weighted by Crippen LogP contribution is 2.24. The number of fused-ring (bicyclic) bond motifs is 1. The van der Waals surface area contributed by atoms with E-state index in [1.807, 2.05) is 5.32 Å². The molecule has 1 aromatic carbocycles. The molecule has 1 atom stereocenters. The molecule has 0 unspecified atom stereocenters. The number of aromatic amines is 1. The molecule has 0 spiro atoms. The maximum Gasteiger partial charge on any atom is 0.359 e. The monoisotopic (exact) mass is 618 g/mol. The number of carbonyl (C=O) groups is 4. The average molecular weight is 619 g/mol. The number of amides is 2. The number of benzene rings is 1. The molecular formula is C24H26N8O10S. The van der Waals surface area contributed by atoms with Crippen LogP contribution in [0, 0.1) is 0 Å². The molecule has 3 rings (SSSR count). The largest absolute Gasteiger partial charge is 0.478 e. The fraction of sp³-hybridized carbons (Fsp3) is 0.250. The average Bonchev–Trinajstić information content (AvgIpc) is 2.90. The van der Waals surface area contributed by atoms with E-state index >= 15 is 0 Å². The van der Waals surface area contributed by atoms with Crippen molar-refractivity contribution in [2.45, 2.75) is 18.7 Å². The highest BCUT2D eigenvalue weighted by Gasteiger charge is 2.47. The molecule has 0 saturated heterocycles. The molecule has 3 aromatic rings. The first-order valence-corrected chi connectivity index (χ1v) is 13.8. The fourth-order valence-electron chi connectivity index (χ4n) is 3.74. The molecule has 2 heterocycles. The normalized spacial score (nSPS) is 13.1. The van der Waals surface area contributed by atoms with E-state index in [0.29, 0.717) is 12.7 Å². The maximum atomic E-state index is 13.1. The molecular weight excluding hydrogens is 592 g/mol. The number of nitrogens with one attached hydrogen (secondary N) is 2. The number of aromatic nitrogens is 4. The van der Waals surface area contributed by atoms with Gasteiger partial charge in [0.05, 0.1) is 30.3 Å². The Balaban J connectivity index is 1.89. The van der Waals surface area contributed by atoms with E-state index in [0.717, 1.165) is 11.1 Å². The van der Waals surface area contributed by atoms with Gasteiger partial charge < -0.3 is 31.1 Å². The molecule has 0 aliphatic rings. The van der Waals surface area contributed by atoms with Gasteiger partial charge in [0.15, 0.2) is 11.2 Å². The van der Waals surface area contributed by atoms with Crippen LogP contribution in [0.15, 0.2) is 47.0 Å². The third-order valence-corrected chi connectivity index (χ3v) is 6.08. The minimum atomic E-state index is -4.54. The molecule has 0 radical (unpaired) electrons. The highest BCUT2D eigenvalue weighted by atomic mass is 32.2. The summed E-state index contributed by atoms with van der Waals surface area (Å²) in [6, 6.07) is 5.04. The van der Waals surface area contributed by atoms with Crippen molar-refractivity contribution in [1.29, 1.82) is 0 Å². The topological polar surface area (TPSA) is 268 Å². The van der Waals surface area contributed by atoms with Gasteiger partial charge in [-0.05, 0) is 24.3 Å². The van der Waals surface area contributed by atoms with Crippen LogP contribution in [0.3, 0.4) is 0 Å². The summed E-state index contributed by atoms with van der Waals surface area (Å²) >= 11 is 0. The molecule has 19 heteroatoms. The number of nitrogens with zero attached hydrogens (tertiary/aromatic N) is 5. The van der Waals surface area contributed by atoms with Crippen molar-refractivity contribution in [2.75, 3.05) is 31.0 Å². The quantitative estimate of drug-likeness (QED) is 0.0656. The molecule has 2 amide bonds. The standard InChI is InChI=1S/C24H26N8O10S/c1-31(2)10-14(21(36)37)8-24(22(38)39,42-43(3,40)41)30-19(34)13-4-6-16(7-5-13)32(12-33)11-15-9-26-18-17(27-15)20(35)29-23(25)28-18/h4-7,9-10,12H,8,11H2,1-3H3,(H,30,34)(H,36,37)(H,38,39)(H3,25,26,28,29,35)/t24-/m1/s1. The number of rotatable bonds is 13. The molecule has 43 heavy (non-hydrogen) atoms. The molecule has 18 nitrogen and oxygen atoms in total. The van der Waals surface area contributed by atoms with Gasteiger partial charge in [0.2, 0.25) is 12.4 Å². The lowest BCUT2D eigenvalue weighted by Gasteiger charge is -2.29. The summed E-state index contributed by atoms with van der Waals surface area (Å²) in [5, 5.41) is 21.4. The summed E-state index contributed by atoms with van der Waals surface area (Å²) in [6.45, 7) is -0.150. The molecule has 0 aliphatic heterocycles. The third-order valence-electron chi connectivity index (χ3n) is 5.49. The summed E-state index contributed by atoms with van der Waals surface area (Å²) in [4.78, 5) is 77.8. The Hall–Kier alpha value is -5.43. The van der Waals surface area contributed by atoms with E-state index in [4.69, 9.17) is 9.92 Å². The van der Waals surface area contributed by atoms with E-state index in [-0.39, 0.29) is 40.6 Å². The van der Waals surface area contributed by atoms with Gasteiger partial charge in [-0.25, -0.2) is 23.7 Å². The zero-order valence-electron chi connectivity index (χ0n) is 22.8. The first-order chi connectivity index (χ1) is 20.0. The maximum absolute atomic E-state index is 13.1. The number of nitrogens with two attached hydrogens (primary N) is 1. The predicted octanol–water partition coefficient (Wildman–Crippen LogP) is -1.13. The summed E-state index contributed by atoms with van der Waals surface area (Å²) < 4.78 is 28.7. The lowest BCUT2D eigenvalue weighted by Crippen LogP contribution is -2.58. The van der Waals surface area contributed by atoms with Crippen molar-refractivity contribution in [2.24, 2.45) is 0 Å². The SMILES string of the molecule is CN(C)C=C(C[C@@](NC(=O)c1ccc(N(C=O)Cc2cnc3nc(N)[nH]c(=O)c3n2)cc1)(OS(C)(=O)=O)C(=O)O)C(=O)O. The van der Waals surface area contributed by atoms with Gasteiger partial charge in [-0.2, -0.15) is 13.4 Å². The first-order valence-electron chi connectivity index (χ1n) is 11.9. The Morgan fingerprint density at radius 2 is 1.81 bits per heavy atom. The minimum Gasteiger partial charge on any atom is -0.478 e. The van der Waals surface area contributed by atoms with Gasteiger partial charge in [-0.3, -0.25) is 19.4 Å². The van der Waals surface area contributed by atoms with Crippen molar-refractivity contribution >= 4 is 57.2 Å². The predicted molar refractivity (Wildman–Crippen MR) is 149 cm³/mol. The van der Waals surface area contributed by atoms with Crippen LogP contribution >= 0.6 is 0 Å². The second-order valence-electron chi connectivity index (χ2n) is 9.24. The number of carbonyl (C=O) groups excluding carboxylic acids is 2. The van der Waals surface area contributed by atoms with Crippen LogP contribution in [0.4, 0.5) is 11.6 Å². The van der Waals surface area contributed by atoms with Gasteiger partial charge in [0.25, 0.3) is 27.3 Å². The number of aliphatic carboxylic acids is 2. The van der Waals surface area contributed by atoms with E-state index in [1.165, 1.54) is 49.5 Å². The fourth-order valence-corrected chi connectivity index (χ4v) is 4.43. The van der Waals surface area contributed by atoms with Gasteiger partial charge >= 0.3 is 11.9 Å². The van der Waals surface area contributed by atoms with Crippen molar-refractivity contribution in [3.63, 3.8) is 0 Å². The van der Waals surface area contributed by atoms with E-state index in [9.17, 15) is 42.6 Å². The van der Waals surface area contributed by atoms with E-state index in [2.05, 4.69) is 19.9 Å². The second kappa shape index (κ2) is 12.6. The molecule has 228 valence electrons. The van der Waals surface area contributed by atoms with Crippen molar-refractivity contribution in [3.8, 4) is 0 Å². The Bertz CT molecular complexity index is 1770. The van der Waals surface area contributed by atoms with Gasteiger partial charge in [0.1, 0.15) is 0 Å². The van der Waals surface area contributed by atoms with Crippen molar-refractivity contribution in [1.82, 2.24) is 30.2 Å². The van der Waals surface area contributed by atoms with Gasteiger partial charge in [-0.15, -0.1) is 0 Å². The first kappa shape index (κ1) is 32.1. The second-order valence-corrected chi connectivity index (χ2v) is 10.8. The molecule has 0 bridgehead atoms. The van der Waals surface area contributed by atoms with Crippen molar-refractivity contribution in [3.05, 3.63) is 63.8 Å². The lowest BCUT2D eigenvalue weighted by atomic mass is 10.0. The number of nitrogen functional groups attached to an aromatic ring is 1. The van der Waals surface area contributed by atoms with Crippen LogP contribution in [0.25, 0.3) is 11.2 Å². The molecule has 0 fully saturated rings. The Labute approximate surface area is 242 Å². The molecule has 6 N–H and O–H groups in total. The summed E-state index contributed by atoms with van der Waals surface area (Å²) in [5.74, 6) is -4.83. The number of H-pyrrole nitrogens is 1. The zero-order chi connectivity index (χ0) is 32.1. The molecule has 2 aromatic heterocycles. The summed E-state index contributed by atoms with van der Waals surface area (Å²) in [7, 11) is -1.64. The summed E-state index contributed by atoms with van der Waals surface area (Å²) in [6.07, 6.45) is 2.24. The van der Waals surface area contributed by atoms with Crippen LogP contribution in [-0.4, -0.2) is 93.8 Å². The van der Waals surface area contributed by atoms with Crippen LogP contribution in [0.2, 0.25) is 0 Å². The van der Waals surface area contributed by atoms with Crippen LogP contribution in [-0.2, 0) is 35.2 Å². The van der Waals surface area contributed by atoms with E-state index < -0.39 is 51.2 Å². The Morgan fingerprint density at radius 3 is 2.35 bits per heavy atom. The van der Waals surface area contributed by atoms with Gasteiger partial charge in [0, 0.05) is 38.0 Å². The Morgan fingerprint density at radius 1 is 1.16 bits per heavy atom. The van der Waals surface area contributed by atoms with Gasteiger partial charge in [-0.1, -0.05) is 0 Å². The number of carboxylic acids is 2. The summed E-state index contributed by atoms with van der Waals surface area (Å²) in [5.41, 5.74) is 1.43. The number of hydrogen-bond acceptors (Lipinski definition) is 13. The molecule has 0 aliphatic carbocycles. The third kappa shape index (κ3) is 8.07. The Kier molecular flexibility index (Phi) is 9.41. The number of hydrogen-bond donors (Lipinski definition) is 5. The van der Waals surface area contributed by atoms with Crippen molar-refractivity contribution < 1.29 is 42.0 Å². The number of anilines is 2.